The molecule has 0 radical (unpaired) electrons. The van der Waals surface area contributed by atoms with Crippen LogP contribution in [0.4, 0.5) is 0 Å². The predicted molar refractivity (Wildman–Crippen MR) is 98.4 cm³/mol. The van der Waals surface area contributed by atoms with E-state index in [1.807, 2.05) is 13.8 Å². The third-order valence-electron chi connectivity index (χ3n) is 4.97. The molecule has 0 bridgehead atoms. The minimum absolute atomic E-state index is 0. The van der Waals surface area contributed by atoms with Crippen LogP contribution < -0.4 is 16.4 Å². The Bertz CT molecular complexity index is 451. The topological polar surface area (TPSA) is 122 Å². The summed E-state index contributed by atoms with van der Waals surface area (Å²) >= 11 is 0. The summed E-state index contributed by atoms with van der Waals surface area (Å²) in [7, 11) is 0. The summed E-state index contributed by atoms with van der Waals surface area (Å²) in [5.41, 5.74) is 5.51. The maximum atomic E-state index is 12.3. The zero-order valence-corrected chi connectivity index (χ0v) is 16.1. The van der Waals surface area contributed by atoms with Gasteiger partial charge in [0, 0.05) is 12.5 Å². The van der Waals surface area contributed by atoms with E-state index in [0.29, 0.717) is 18.9 Å². The molecule has 0 aromatic rings. The summed E-state index contributed by atoms with van der Waals surface area (Å²) in [5.74, 6) is -1.20. The van der Waals surface area contributed by atoms with Gasteiger partial charge < -0.3 is 21.5 Å². The predicted octanol–water partition coefficient (Wildman–Crippen LogP) is 1.29. The molecule has 0 aromatic carbocycles. The van der Waals surface area contributed by atoms with Gasteiger partial charge in [-0.05, 0) is 44.4 Å². The van der Waals surface area contributed by atoms with Crippen molar-refractivity contribution in [2.45, 2.75) is 65.0 Å². The molecule has 2 amide bonds. The number of carbonyl (C=O) groups is 3. The van der Waals surface area contributed by atoms with Crippen LogP contribution in [-0.4, -0.2) is 41.5 Å². The zero-order valence-electron chi connectivity index (χ0n) is 15.3. The number of amides is 2. The first-order valence-electron chi connectivity index (χ1n) is 8.82. The van der Waals surface area contributed by atoms with Crippen molar-refractivity contribution in [3.63, 3.8) is 0 Å². The van der Waals surface area contributed by atoms with E-state index in [1.165, 1.54) is 0 Å². The SMILES string of the molecule is CCC(C)[C@H](NC(=O)C1CCC(CNC(=O)[C@H](C)N)CC1)C(=O)O.Cl. The second-order valence-corrected chi connectivity index (χ2v) is 6.96. The van der Waals surface area contributed by atoms with E-state index >= 15 is 0 Å². The molecular weight excluding hydrogens is 346 g/mol. The van der Waals surface area contributed by atoms with Gasteiger partial charge in [-0.15, -0.1) is 12.4 Å². The van der Waals surface area contributed by atoms with Crippen LogP contribution in [0.3, 0.4) is 0 Å². The molecule has 0 aromatic heterocycles. The van der Waals surface area contributed by atoms with Gasteiger partial charge in [0.2, 0.25) is 11.8 Å². The van der Waals surface area contributed by atoms with Crippen LogP contribution in [0.25, 0.3) is 0 Å². The Labute approximate surface area is 155 Å². The van der Waals surface area contributed by atoms with Gasteiger partial charge in [0.15, 0.2) is 0 Å². The number of aliphatic carboxylic acids is 1. The second-order valence-electron chi connectivity index (χ2n) is 6.96. The summed E-state index contributed by atoms with van der Waals surface area (Å²) in [6.45, 7) is 5.97. The van der Waals surface area contributed by atoms with Crippen LogP contribution in [0, 0.1) is 17.8 Å². The zero-order chi connectivity index (χ0) is 18.3. The van der Waals surface area contributed by atoms with Crippen molar-refractivity contribution >= 4 is 30.2 Å². The number of nitrogens with one attached hydrogen (secondary N) is 2. The fraction of sp³-hybridized carbons (Fsp3) is 0.824. The van der Waals surface area contributed by atoms with Gasteiger partial charge in [-0.3, -0.25) is 9.59 Å². The minimum Gasteiger partial charge on any atom is -0.480 e. The van der Waals surface area contributed by atoms with Gasteiger partial charge in [0.05, 0.1) is 6.04 Å². The van der Waals surface area contributed by atoms with Crippen LogP contribution in [0.15, 0.2) is 0 Å². The van der Waals surface area contributed by atoms with Gasteiger partial charge in [-0.25, -0.2) is 4.79 Å². The highest BCUT2D eigenvalue weighted by Crippen LogP contribution is 2.28. The molecule has 1 aliphatic carbocycles. The lowest BCUT2D eigenvalue weighted by molar-refractivity contribution is -0.144. The number of hydrogen-bond donors (Lipinski definition) is 4. The number of hydrogen-bond acceptors (Lipinski definition) is 4. The van der Waals surface area contributed by atoms with Crippen molar-refractivity contribution in [2.75, 3.05) is 6.54 Å². The summed E-state index contributed by atoms with van der Waals surface area (Å²) in [4.78, 5) is 35.1. The van der Waals surface area contributed by atoms with E-state index in [-0.39, 0.29) is 36.1 Å². The molecule has 1 unspecified atom stereocenters. The number of rotatable bonds is 8. The average molecular weight is 378 g/mol. The highest BCUT2D eigenvalue weighted by molar-refractivity contribution is 5.85. The lowest BCUT2D eigenvalue weighted by atomic mass is 9.81. The Morgan fingerprint density at radius 3 is 2.16 bits per heavy atom. The molecule has 146 valence electrons. The van der Waals surface area contributed by atoms with Crippen LogP contribution in [-0.2, 0) is 14.4 Å². The molecule has 0 aliphatic heterocycles. The average Bonchev–Trinajstić information content (AvgIpc) is 2.56. The summed E-state index contributed by atoms with van der Waals surface area (Å²) in [5, 5.41) is 14.8. The quantitative estimate of drug-likeness (QED) is 0.507. The Hall–Kier alpha value is -1.34. The smallest absolute Gasteiger partial charge is 0.326 e. The van der Waals surface area contributed by atoms with Crippen molar-refractivity contribution in [3.05, 3.63) is 0 Å². The van der Waals surface area contributed by atoms with Crippen molar-refractivity contribution < 1.29 is 19.5 Å². The Morgan fingerprint density at radius 1 is 1.16 bits per heavy atom. The van der Waals surface area contributed by atoms with Crippen LogP contribution in [0.1, 0.15) is 52.9 Å². The number of nitrogens with two attached hydrogens (primary N) is 1. The van der Waals surface area contributed by atoms with E-state index < -0.39 is 18.1 Å². The van der Waals surface area contributed by atoms with Gasteiger partial charge in [0.25, 0.3) is 0 Å². The molecular formula is C17H32ClN3O4. The molecule has 1 rings (SSSR count). The maximum absolute atomic E-state index is 12.3. The van der Waals surface area contributed by atoms with Gasteiger partial charge >= 0.3 is 5.97 Å². The summed E-state index contributed by atoms with van der Waals surface area (Å²) < 4.78 is 0. The lowest BCUT2D eigenvalue weighted by Crippen LogP contribution is -2.48. The molecule has 0 saturated heterocycles. The van der Waals surface area contributed by atoms with E-state index in [0.717, 1.165) is 25.7 Å². The molecule has 0 spiro atoms. The Kier molecular flexibility index (Phi) is 10.7. The van der Waals surface area contributed by atoms with Gasteiger partial charge in [-0.2, -0.15) is 0 Å². The lowest BCUT2D eigenvalue weighted by Gasteiger charge is -2.29. The highest BCUT2D eigenvalue weighted by atomic mass is 35.5. The van der Waals surface area contributed by atoms with E-state index in [1.54, 1.807) is 6.92 Å². The van der Waals surface area contributed by atoms with Crippen LogP contribution >= 0.6 is 12.4 Å². The van der Waals surface area contributed by atoms with E-state index in [4.69, 9.17) is 5.73 Å². The third-order valence-corrected chi connectivity index (χ3v) is 4.97. The van der Waals surface area contributed by atoms with Gasteiger partial charge in [-0.1, -0.05) is 20.3 Å². The van der Waals surface area contributed by atoms with Crippen LogP contribution in [0.2, 0.25) is 0 Å². The van der Waals surface area contributed by atoms with Crippen molar-refractivity contribution in [2.24, 2.45) is 23.5 Å². The second kappa shape index (κ2) is 11.3. The normalized spacial score (nSPS) is 23.5. The first-order valence-corrected chi connectivity index (χ1v) is 8.82. The number of carboxylic acids is 1. The van der Waals surface area contributed by atoms with Crippen molar-refractivity contribution in [1.82, 2.24) is 10.6 Å². The van der Waals surface area contributed by atoms with Crippen molar-refractivity contribution in [1.29, 1.82) is 0 Å². The monoisotopic (exact) mass is 377 g/mol. The maximum Gasteiger partial charge on any atom is 0.326 e. The Balaban J connectivity index is 0.00000576. The Morgan fingerprint density at radius 2 is 1.72 bits per heavy atom. The molecule has 3 atom stereocenters. The minimum atomic E-state index is -0.981. The molecule has 1 fully saturated rings. The summed E-state index contributed by atoms with van der Waals surface area (Å²) in [6.07, 6.45) is 3.83. The fourth-order valence-electron chi connectivity index (χ4n) is 2.99. The molecule has 8 heteroatoms. The van der Waals surface area contributed by atoms with E-state index in [2.05, 4.69) is 10.6 Å². The molecule has 0 heterocycles. The fourth-order valence-corrected chi connectivity index (χ4v) is 2.99. The number of carboxylic acid groups (broad SMARTS) is 1. The number of halogens is 1. The molecule has 5 N–H and O–H groups in total. The molecule has 25 heavy (non-hydrogen) atoms. The third kappa shape index (κ3) is 7.61. The highest BCUT2D eigenvalue weighted by Gasteiger charge is 2.31. The first-order chi connectivity index (χ1) is 11.3. The molecule has 1 aliphatic rings. The standard InChI is InChI=1S/C17H31N3O4.ClH/c1-4-10(2)14(17(23)24)20-16(22)13-7-5-12(6-8-13)9-19-15(21)11(3)18;/h10-14H,4-9,18H2,1-3H3,(H,19,21)(H,20,22)(H,23,24);1H/t10?,11-,12?,13?,14-;/m0./s1. The van der Waals surface area contributed by atoms with Gasteiger partial charge in [0.1, 0.15) is 6.04 Å². The molecule has 7 nitrogen and oxygen atoms in total. The first kappa shape index (κ1) is 23.7. The summed E-state index contributed by atoms with van der Waals surface area (Å²) in [6, 6.07) is -1.34. The number of carbonyl (C=O) groups excluding carboxylic acids is 2. The van der Waals surface area contributed by atoms with Crippen molar-refractivity contribution in [3.8, 4) is 0 Å². The molecule has 1 saturated carbocycles. The van der Waals surface area contributed by atoms with Crippen LogP contribution in [0.5, 0.6) is 0 Å². The van der Waals surface area contributed by atoms with E-state index in [9.17, 15) is 19.5 Å². The largest absolute Gasteiger partial charge is 0.480 e.